The summed E-state index contributed by atoms with van der Waals surface area (Å²) in [6.45, 7) is 3.61. The minimum atomic E-state index is -3.89. The van der Waals surface area contributed by atoms with Crippen LogP contribution in [0.3, 0.4) is 0 Å². The topological polar surface area (TPSA) is 86.8 Å². The monoisotopic (exact) mass is 587 g/mol. The van der Waals surface area contributed by atoms with Gasteiger partial charge in [-0.15, -0.1) is 0 Å². The fourth-order valence-corrected chi connectivity index (χ4v) is 5.47. The van der Waals surface area contributed by atoms with E-state index in [0.717, 1.165) is 29.0 Å². The molecule has 0 spiro atoms. The predicted molar refractivity (Wildman–Crippen MR) is 157 cm³/mol. The van der Waals surface area contributed by atoms with Gasteiger partial charge in [0.2, 0.25) is 21.8 Å². The summed E-state index contributed by atoms with van der Waals surface area (Å²) in [5.41, 5.74) is 2.33. The highest BCUT2D eigenvalue weighted by Gasteiger charge is 2.33. The van der Waals surface area contributed by atoms with Gasteiger partial charge in [0.25, 0.3) is 0 Å². The van der Waals surface area contributed by atoms with Gasteiger partial charge in [-0.3, -0.25) is 13.9 Å². The SMILES string of the molecule is CCCCNC(=O)C(Cc1ccccc1)N(Cc1ccc(F)cc1)C(=O)CN(c1ccc(Cl)cc1C)S(C)(=O)=O. The van der Waals surface area contributed by atoms with E-state index in [9.17, 15) is 22.4 Å². The summed E-state index contributed by atoms with van der Waals surface area (Å²) in [5.74, 6) is -1.35. The number of rotatable bonds is 13. The molecular weight excluding hydrogens is 553 g/mol. The van der Waals surface area contributed by atoms with Crippen molar-refractivity contribution in [1.29, 1.82) is 0 Å². The van der Waals surface area contributed by atoms with E-state index < -0.39 is 34.3 Å². The van der Waals surface area contributed by atoms with Crippen molar-refractivity contribution in [3.05, 3.63) is 100 Å². The van der Waals surface area contributed by atoms with Crippen LogP contribution in [0.25, 0.3) is 0 Å². The van der Waals surface area contributed by atoms with E-state index in [-0.39, 0.29) is 18.9 Å². The minimum Gasteiger partial charge on any atom is -0.354 e. The first-order chi connectivity index (χ1) is 19.0. The molecule has 7 nitrogen and oxygen atoms in total. The Labute approximate surface area is 241 Å². The summed E-state index contributed by atoms with van der Waals surface area (Å²) >= 11 is 6.08. The Bertz CT molecular complexity index is 1400. The Hall–Kier alpha value is -3.43. The molecule has 1 atom stereocenters. The van der Waals surface area contributed by atoms with Crippen molar-refractivity contribution in [2.75, 3.05) is 23.7 Å². The standard InChI is InChI=1S/C30H35ClFN3O4S/c1-4-5-17-33-30(37)28(19-23-9-7-6-8-10-23)34(20-24-11-14-26(32)15-12-24)29(36)21-35(40(3,38)39)27-16-13-25(31)18-22(27)2/h6-16,18,28H,4-5,17,19-21H2,1-3H3,(H,33,37). The second kappa shape index (κ2) is 14.3. The van der Waals surface area contributed by atoms with E-state index in [1.807, 2.05) is 37.3 Å². The smallest absolute Gasteiger partial charge is 0.244 e. The molecule has 2 amide bonds. The first-order valence-electron chi connectivity index (χ1n) is 13.1. The zero-order valence-electron chi connectivity index (χ0n) is 22.9. The lowest BCUT2D eigenvalue weighted by Gasteiger charge is -2.33. The van der Waals surface area contributed by atoms with Gasteiger partial charge in [-0.25, -0.2) is 12.8 Å². The number of carbonyl (C=O) groups is 2. The molecule has 1 N–H and O–H groups in total. The molecule has 0 heterocycles. The van der Waals surface area contributed by atoms with Gasteiger partial charge >= 0.3 is 0 Å². The van der Waals surface area contributed by atoms with Crippen LogP contribution < -0.4 is 9.62 Å². The van der Waals surface area contributed by atoms with Crippen molar-refractivity contribution in [2.45, 2.75) is 45.7 Å². The summed E-state index contributed by atoms with van der Waals surface area (Å²) < 4.78 is 40.5. The number of unbranched alkanes of at least 4 members (excludes halogenated alkanes) is 1. The quantitative estimate of drug-likeness (QED) is 0.282. The molecule has 214 valence electrons. The summed E-state index contributed by atoms with van der Waals surface area (Å²) in [7, 11) is -3.89. The molecule has 0 radical (unpaired) electrons. The second-order valence-corrected chi connectivity index (χ2v) is 12.0. The van der Waals surface area contributed by atoms with E-state index >= 15 is 0 Å². The number of halogens is 2. The van der Waals surface area contributed by atoms with Gasteiger partial charge in [0, 0.05) is 24.5 Å². The molecule has 0 saturated heterocycles. The summed E-state index contributed by atoms with van der Waals surface area (Å²) in [6, 6.07) is 18.7. The molecule has 40 heavy (non-hydrogen) atoms. The zero-order valence-corrected chi connectivity index (χ0v) is 24.5. The molecule has 0 fully saturated rings. The third kappa shape index (κ3) is 8.79. The number of hydrogen-bond acceptors (Lipinski definition) is 4. The number of nitrogens with zero attached hydrogens (tertiary/aromatic N) is 2. The molecule has 3 rings (SSSR count). The van der Waals surface area contributed by atoms with Gasteiger partial charge in [0.05, 0.1) is 11.9 Å². The molecule has 0 saturated carbocycles. The molecule has 0 aliphatic carbocycles. The maximum atomic E-state index is 14.0. The predicted octanol–water partition coefficient (Wildman–Crippen LogP) is 5.11. The Morgan fingerprint density at radius 2 is 1.68 bits per heavy atom. The maximum absolute atomic E-state index is 14.0. The van der Waals surface area contributed by atoms with Gasteiger partial charge in [0.1, 0.15) is 18.4 Å². The van der Waals surface area contributed by atoms with Crippen molar-refractivity contribution >= 4 is 39.1 Å². The molecule has 0 bridgehead atoms. The molecule has 0 aromatic heterocycles. The average Bonchev–Trinajstić information content (AvgIpc) is 2.90. The molecule has 3 aromatic rings. The van der Waals surface area contributed by atoms with Crippen LogP contribution in [0, 0.1) is 12.7 Å². The lowest BCUT2D eigenvalue weighted by atomic mass is 10.0. The number of nitrogens with one attached hydrogen (secondary N) is 1. The number of amides is 2. The normalized spacial score (nSPS) is 12.0. The van der Waals surface area contributed by atoms with Gasteiger partial charge < -0.3 is 10.2 Å². The Morgan fingerprint density at radius 3 is 2.27 bits per heavy atom. The minimum absolute atomic E-state index is 0.0188. The van der Waals surface area contributed by atoms with Crippen molar-refractivity contribution in [1.82, 2.24) is 10.2 Å². The van der Waals surface area contributed by atoms with Gasteiger partial charge in [-0.2, -0.15) is 0 Å². The number of benzene rings is 3. The largest absolute Gasteiger partial charge is 0.354 e. The molecule has 1 unspecified atom stereocenters. The number of anilines is 1. The van der Waals surface area contributed by atoms with Crippen molar-refractivity contribution in [3.8, 4) is 0 Å². The van der Waals surface area contributed by atoms with E-state index in [0.29, 0.717) is 28.4 Å². The third-order valence-corrected chi connectivity index (χ3v) is 7.84. The molecule has 10 heteroatoms. The fraction of sp³-hybridized carbons (Fsp3) is 0.333. The van der Waals surface area contributed by atoms with E-state index in [2.05, 4.69) is 5.32 Å². The first-order valence-corrected chi connectivity index (χ1v) is 15.3. The highest BCUT2D eigenvalue weighted by Crippen LogP contribution is 2.26. The van der Waals surface area contributed by atoms with Crippen LogP contribution in [-0.2, 0) is 32.6 Å². The third-order valence-electron chi connectivity index (χ3n) is 6.47. The van der Waals surface area contributed by atoms with Gasteiger partial charge in [0.15, 0.2) is 0 Å². The lowest BCUT2D eigenvalue weighted by Crippen LogP contribution is -2.53. The molecule has 3 aromatic carbocycles. The Kier molecular flexibility index (Phi) is 11.1. The van der Waals surface area contributed by atoms with Crippen molar-refractivity contribution < 1.29 is 22.4 Å². The van der Waals surface area contributed by atoms with E-state index in [1.54, 1.807) is 37.3 Å². The summed E-state index contributed by atoms with van der Waals surface area (Å²) in [6.07, 6.45) is 2.89. The average molecular weight is 588 g/mol. The van der Waals surface area contributed by atoms with Crippen LogP contribution in [0.5, 0.6) is 0 Å². The van der Waals surface area contributed by atoms with Crippen LogP contribution in [-0.4, -0.2) is 50.5 Å². The highest BCUT2D eigenvalue weighted by atomic mass is 35.5. The van der Waals surface area contributed by atoms with Crippen LogP contribution in [0.2, 0.25) is 5.02 Å². The van der Waals surface area contributed by atoms with E-state index in [4.69, 9.17) is 11.6 Å². The molecule has 0 aliphatic heterocycles. The Morgan fingerprint density at radius 1 is 1.00 bits per heavy atom. The maximum Gasteiger partial charge on any atom is 0.244 e. The highest BCUT2D eigenvalue weighted by molar-refractivity contribution is 7.92. The van der Waals surface area contributed by atoms with Crippen molar-refractivity contribution in [2.24, 2.45) is 0 Å². The van der Waals surface area contributed by atoms with Crippen LogP contribution in [0.15, 0.2) is 72.8 Å². The number of sulfonamides is 1. The molecular formula is C30H35ClFN3O4S. The number of aryl methyl sites for hydroxylation is 1. The number of carbonyl (C=O) groups excluding carboxylic acids is 2. The summed E-state index contributed by atoms with van der Waals surface area (Å²) in [4.78, 5) is 29.0. The number of hydrogen-bond donors (Lipinski definition) is 1. The Balaban J connectivity index is 2.04. The zero-order chi connectivity index (χ0) is 29.3. The summed E-state index contributed by atoms with van der Waals surface area (Å²) in [5, 5.41) is 3.36. The first kappa shape index (κ1) is 31.1. The van der Waals surface area contributed by atoms with Crippen LogP contribution in [0.1, 0.15) is 36.5 Å². The second-order valence-electron chi connectivity index (χ2n) is 9.70. The fourth-order valence-electron chi connectivity index (χ4n) is 4.34. The van der Waals surface area contributed by atoms with Crippen molar-refractivity contribution in [3.63, 3.8) is 0 Å². The van der Waals surface area contributed by atoms with Gasteiger partial charge in [-0.05, 0) is 60.4 Å². The lowest BCUT2D eigenvalue weighted by molar-refractivity contribution is -0.140. The molecule has 0 aliphatic rings. The van der Waals surface area contributed by atoms with Crippen LogP contribution >= 0.6 is 11.6 Å². The van der Waals surface area contributed by atoms with Gasteiger partial charge in [-0.1, -0.05) is 67.4 Å². The van der Waals surface area contributed by atoms with E-state index in [1.165, 1.54) is 17.0 Å². The van der Waals surface area contributed by atoms with Crippen LogP contribution in [0.4, 0.5) is 10.1 Å².